The second-order valence-corrected chi connectivity index (χ2v) is 6.62. The average Bonchev–Trinajstić information content (AvgIpc) is 2.91. The summed E-state index contributed by atoms with van der Waals surface area (Å²) in [5, 5.41) is 3.74. The predicted octanol–water partition coefficient (Wildman–Crippen LogP) is 4.16. The van der Waals surface area contributed by atoms with Gasteiger partial charge in [0.1, 0.15) is 0 Å². The Bertz CT molecular complexity index is 416. The number of hydrogen-bond donors (Lipinski definition) is 1. The Morgan fingerprint density at radius 2 is 2.14 bits per heavy atom. The van der Waals surface area contributed by atoms with Crippen LogP contribution in [0.4, 0.5) is 0 Å². The Balaban J connectivity index is 1.97. The predicted molar refractivity (Wildman–Crippen MR) is 91.7 cm³/mol. The van der Waals surface area contributed by atoms with E-state index < -0.39 is 0 Å². The van der Waals surface area contributed by atoms with Crippen molar-refractivity contribution in [2.24, 2.45) is 5.92 Å². The van der Waals surface area contributed by atoms with E-state index in [0.29, 0.717) is 6.04 Å². The van der Waals surface area contributed by atoms with Crippen molar-refractivity contribution in [2.75, 3.05) is 26.2 Å². The van der Waals surface area contributed by atoms with Crippen LogP contribution >= 0.6 is 0 Å². The van der Waals surface area contributed by atoms with Gasteiger partial charge in [-0.05, 0) is 50.8 Å². The lowest BCUT2D eigenvalue weighted by Gasteiger charge is -2.25. The monoisotopic (exact) mass is 288 g/mol. The first kappa shape index (κ1) is 16.5. The summed E-state index contributed by atoms with van der Waals surface area (Å²) >= 11 is 0. The minimum absolute atomic E-state index is 0.477. The lowest BCUT2D eigenvalue weighted by molar-refractivity contribution is 0.280. The third-order valence-electron chi connectivity index (χ3n) is 4.59. The van der Waals surface area contributed by atoms with Gasteiger partial charge in [-0.1, -0.05) is 50.1 Å². The fourth-order valence-electron chi connectivity index (χ4n) is 3.47. The second-order valence-electron chi connectivity index (χ2n) is 6.62. The van der Waals surface area contributed by atoms with Crippen LogP contribution < -0.4 is 5.32 Å². The Morgan fingerprint density at radius 1 is 1.29 bits per heavy atom. The Labute approximate surface area is 130 Å². The van der Waals surface area contributed by atoms with Crippen LogP contribution in [0.2, 0.25) is 0 Å². The number of benzene rings is 1. The van der Waals surface area contributed by atoms with E-state index in [-0.39, 0.29) is 0 Å². The first-order valence-electron chi connectivity index (χ1n) is 8.75. The summed E-state index contributed by atoms with van der Waals surface area (Å²) in [6.07, 6.45) is 5.31. The van der Waals surface area contributed by atoms with E-state index in [4.69, 9.17) is 0 Å². The standard InChI is InChI=1S/C19H32N2/c1-4-7-17-10-12-21(14-17)15-19(20-11-5-2)18-9-6-8-16(3)13-18/h6,8-9,13,17,19-20H,4-5,7,10-12,14-15H2,1-3H3. The summed E-state index contributed by atoms with van der Waals surface area (Å²) in [7, 11) is 0. The topological polar surface area (TPSA) is 15.3 Å². The minimum Gasteiger partial charge on any atom is -0.309 e. The van der Waals surface area contributed by atoms with Crippen molar-refractivity contribution >= 4 is 0 Å². The highest BCUT2D eigenvalue weighted by Crippen LogP contribution is 2.24. The fourth-order valence-corrected chi connectivity index (χ4v) is 3.47. The van der Waals surface area contributed by atoms with Gasteiger partial charge in [0.2, 0.25) is 0 Å². The van der Waals surface area contributed by atoms with Gasteiger partial charge < -0.3 is 10.2 Å². The maximum Gasteiger partial charge on any atom is 0.0449 e. The molecule has 0 aliphatic carbocycles. The van der Waals surface area contributed by atoms with Gasteiger partial charge >= 0.3 is 0 Å². The zero-order chi connectivity index (χ0) is 15.1. The van der Waals surface area contributed by atoms with Crippen molar-refractivity contribution in [3.8, 4) is 0 Å². The lowest BCUT2D eigenvalue weighted by atomic mass is 10.0. The highest BCUT2D eigenvalue weighted by Gasteiger charge is 2.24. The maximum atomic E-state index is 3.74. The molecule has 21 heavy (non-hydrogen) atoms. The van der Waals surface area contributed by atoms with Crippen LogP contribution in [0, 0.1) is 12.8 Å². The average molecular weight is 288 g/mol. The van der Waals surface area contributed by atoms with Crippen molar-refractivity contribution in [1.82, 2.24) is 10.2 Å². The number of likely N-dealkylation sites (tertiary alicyclic amines) is 1. The molecule has 1 saturated heterocycles. The molecule has 2 rings (SSSR count). The molecule has 0 amide bonds. The van der Waals surface area contributed by atoms with E-state index >= 15 is 0 Å². The van der Waals surface area contributed by atoms with Crippen LogP contribution in [0.5, 0.6) is 0 Å². The number of nitrogens with zero attached hydrogens (tertiary/aromatic N) is 1. The summed E-state index contributed by atoms with van der Waals surface area (Å²) in [6.45, 7) is 11.6. The molecule has 1 aromatic rings. The SMILES string of the molecule is CCCNC(CN1CCC(CCC)C1)c1cccc(C)c1. The summed E-state index contributed by atoms with van der Waals surface area (Å²) in [4.78, 5) is 2.66. The van der Waals surface area contributed by atoms with Crippen molar-refractivity contribution in [1.29, 1.82) is 0 Å². The molecule has 2 heteroatoms. The smallest absolute Gasteiger partial charge is 0.0449 e. The molecule has 0 aromatic heterocycles. The minimum atomic E-state index is 0.477. The van der Waals surface area contributed by atoms with Crippen LogP contribution in [0.1, 0.15) is 56.7 Å². The van der Waals surface area contributed by atoms with Crippen LogP contribution in [0.25, 0.3) is 0 Å². The van der Waals surface area contributed by atoms with Crippen LogP contribution in [0.15, 0.2) is 24.3 Å². The van der Waals surface area contributed by atoms with Crippen LogP contribution in [0.3, 0.4) is 0 Å². The number of hydrogen-bond acceptors (Lipinski definition) is 2. The maximum absolute atomic E-state index is 3.74. The molecular weight excluding hydrogens is 256 g/mol. The van der Waals surface area contributed by atoms with Gasteiger partial charge in [0.15, 0.2) is 0 Å². The van der Waals surface area contributed by atoms with Crippen molar-refractivity contribution in [3.63, 3.8) is 0 Å². The summed E-state index contributed by atoms with van der Waals surface area (Å²) in [5.74, 6) is 0.930. The van der Waals surface area contributed by atoms with Gasteiger partial charge in [-0.3, -0.25) is 0 Å². The molecule has 0 spiro atoms. The van der Waals surface area contributed by atoms with Gasteiger partial charge in [-0.15, -0.1) is 0 Å². The molecule has 118 valence electrons. The largest absolute Gasteiger partial charge is 0.309 e. The Hall–Kier alpha value is -0.860. The summed E-state index contributed by atoms with van der Waals surface area (Å²) < 4.78 is 0. The molecule has 1 fully saturated rings. The zero-order valence-corrected chi connectivity index (χ0v) is 14.1. The van der Waals surface area contributed by atoms with Crippen molar-refractivity contribution in [2.45, 2.75) is 52.5 Å². The molecule has 0 radical (unpaired) electrons. The fraction of sp³-hybridized carbons (Fsp3) is 0.684. The van der Waals surface area contributed by atoms with Gasteiger partial charge in [-0.25, -0.2) is 0 Å². The van der Waals surface area contributed by atoms with Gasteiger partial charge in [-0.2, -0.15) is 0 Å². The zero-order valence-electron chi connectivity index (χ0n) is 14.1. The van der Waals surface area contributed by atoms with E-state index in [1.807, 2.05) is 0 Å². The van der Waals surface area contributed by atoms with E-state index in [1.54, 1.807) is 0 Å². The number of nitrogens with one attached hydrogen (secondary N) is 1. The van der Waals surface area contributed by atoms with E-state index in [9.17, 15) is 0 Å². The first-order valence-corrected chi connectivity index (χ1v) is 8.75. The van der Waals surface area contributed by atoms with Crippen molar-refractivity contribution in [3.05, 3.63) is 35.4 Å². The van der Waals surface area contributed by atoms with Gasteiger partial charge in [0, 0.05) is 19.1 Å². The second kappa shape index (κ2) is 8.55. The van der Waals surface area contributed by atoms with E-state index in [0.717, 1.165) is 19.0 Å². The highest BCUT2D eigenvalue weighted by molar-refractivity contribution is 5.25. The Kier molecular flexibility index (Phi) is 6.72. The molecule has 1 aliphatic heterocycles. The molecule has 2 unspecified atom stereocenters. The molecule has 1 N–H and O–H groups in total. The summed E-state index contributed by atoms with van der Waals surface area (Å²) in [5.41, 5.74) is 2.81. The molecule has 1 aliphatic rings. The molecule has 1 heterocycles. The van der Waals surface area contributed by atoms with Crippen LogP contribution in [-0.4, -0.2) is 31.1 Å². The molecular formula is C19H32N2. The molecule has 0 bridgehead atoms. The molecule has 2 nitrogen and oxygen atoms in total. The van der Waals surface area contributed by atoms with Crippen LogP contribution in [-0.2, 0) is 0 Å². The number of rotatable bonds is 8. The normalized spacial score (nSPS) is 20.8. The first-order chi connectivity index (χ1) is 10.2. The lowest BCUT2D eigenvalue weighted by Crippen LogP contribution is -2.34. The van der Waals surface area contributed by atoms with Crippen molar-refractivity contribution < 1.29 is 0 Å². The summed E-state index contributed by atoms with van der Waals surface area (Å²) in [6, 6.07) is 9.47. The molecule has 1 aromatic carbocycles. The number of aryl methyl sites for hydroxylation is 1. The van der Waals surface area contributed by atoms with E-state index in [2.05, 4.69) is 55.3 Å². The van der Waals surface area contributed by atoms with E-state index in [1.165, 1.54) is 49.9 Å². The highest BCUT2D eigenvalue weighted by atomic mass is 15.2. The van der Waals surface area contributed by atoms with Gasteiger partial charge in [0.05, 0.1) is 0 Å². The molecule has 2 atom stereocenters. The Morgan fingerprint density at radius 3 is 2.86 bits per heavy atom. The quantitative estimate of drug-likeness (QED) is 0.773. The molecule has 0 saturated carbocycles. The third kappa shape index (κ3) is 5.12. The van der Waals surface area contributed by atoms with Gasteiger partial charge in [0.25, 0.3) is 0 Å². The third-order valence-corrected chi connectivity index (χ3v) is 4.59.